The molecule has 128 valence electrons. The van der Waals surface area contributed by atoms with Crippen LogP contribution in [-0.2, 0) is 4.79 Å². The lowest BCUT2D eigenvalue weighted by Gasteiger charge is -2.02. The Morgan fingerprint density at radius 3 is 2.52 bits per heavy atom. The lowest BCUT2D eigenvalue weighted by molar-refractivity contribution is -0.121. The highest BCUT2D eigenvalue weighted by Gasteiger charge is 2.01. The zero-order valence-corrected chi connectivity index (χ0v) is 15.4. The zero-order valence-electron chi connectivity index (χ0n) is 13.9. The number of amides is 1. The van der Waals surface area contributed by atoms with E-state index in [0.29, 0.717) is 12.0 Å². The average molecular weight is 383 g/mol. The molecule has 23 heavy (non-hydrogen) atoms. The molecular weight excluding hydrogens is 356 g/mol. The number of hydrogen-bond acceptors (Lipinski definition) is 3. The second-order valence-corrected chi connectivity index (χ2v) is 6.64. The molecule has 0 radical (unpaired) electrons. The third-order valence-electron chi connectivity index (χ3n) is 3.64. The van der Waals surface area contributed by atoms with E-state index >= 15 is 0 Å². The van der Waals surface area contributed by atoms with E-state index in [0.717, 1.165) is 17.3 Å². The Morgan fingerprint density at radius 2 is 1.83 bits per heavy atom. The maximum absolute atomic E-state index is 11.7. The lowest BCUT2D eigenvalue weighted by atomic mass is 10.1. The molecule has 5 heteroatoms. The molecule has 0 aromatic heterocycles. The molecule has 0 fully saturated rings. The van der Waals surface area contributed by atoms with Crippen LogP contribution in [0, 0.1) is 0 Å². The number of hydrazone groups is 1. The number of halogens is 1. The highest BCUT2D eigenvalue weighted by molar-refractivity contribution is 9.10. The maximum atomic E-state index is 11.7. The molecule has 0 saturated heterocycles. The fraction of sp³-hybridized carbons (Fsp3) is 0.556. The van der Waals surface area contributed by atoms with E-state index in [4.69, 9.17) is 0 Å². The van der Waals surface area contributed by atoms with E-state index < -0.39 is 0 Å². The summed E-state index contributed by atoms with van der Waals surface area (Å²) in [5.41, 5.74) is 3.06. The van der Waals surface area contributed by atoms with Gasteiger partial charge in [-0.3, -0.25) is 4.79 Å². The number of rotatable bonds is 11. The van der Waals surface area contributed by atoms with Crippen LogP contribution in [-0.4, -0.2) is 17.2 Å². The summed E-state index contributed by atoms with van der Waals surface area (Å²) in [6, 6.07) is 5.06. The minimum atomic E-state index is -0.0817. The molecule has 1 rings (SSSR count). The molecule has 0 bridgehead atoms. The van der Waals surface area contributed by atoms with Gasteiger partial charge in [-0.15, -0.1) is 0 Å². The predicted molar refractivity (Wildman–Crippen MR) is 98.8 cm³/mol. The summed E-state index contributed by atoms with van der Waals surface area (Å²) in [6.45, 7) is 2.22. The van der Waals surface area contributed by atoms with E-state index in [1.807, 2.05) is 0 Å². The fourth-order valence-corrected chi connectivity index (χ4v) is 2.66. The van der Waals surface area contributed by atoms with Crippen molar-refractivity contribution in [1.82, 2.24) is 5.43 Å². The van der Waals surface area contributed by atoms with Gasteiger partial charge in [0.1, 0.15) is 5.75 Å². The van der Waals surface area contributed by atoms with Crippen molar-refractivity contribution in [2.45, 2.75) is 64.7 Å². The van der Waals surface area contributed by atoms with Crippen molar-refractivity contribution in [3.63, 3.8) is 0 Å². The summed E-state index contributed by atoms with van der Waals surface area (Å²) in [5.74, 6) is 0.0518. The van der Waals surface area contributed by atoms with Crippen molar-refractivity contribution in [2.75, 3.05) is 0 Å². The molecule has 0 unspecified atom stereocenters. The van der Waals surface area contributed by atoms with Crippen molar-refractivity contribution in [3.05, 3.63) is 28.2 Å². The minimum Gasteiger partial charge on any atom is -0.507 e. The second-order valence-electron chi connectivity index (χ2n) is 5.72. The maximum Gasteiger partial charge on any atom is 0.240 e. The second kappa shape index (κ2) is 12.1. The van der Waals surface area contributed by atoms with Crippen LogP contribution in [0.2, 0.25) is 0 Å². The normalized spacial score (nSPS) is 11.0. The highest BCUT2D eigenvalue weighted by atomic mass is 79.9. The van der Waals surface area contributed by atoms with Crippen molar-refractivity contribution in [1.29, 1.82) is 0 Å². The van der Waals surface area contributed by atoms with Gasteiger partial charge in [0.05, 0.1) is 6.21 Å². The molecule has 1 aromatic rings. The van der Waals surface area contributed by atoms with Crippen molar-refractivity contribution < 1.29 is 9.90 Å². The number of nitrogens with zero attached hydrogens (tertiary/aromatic N) is 1. The molecule has 0 spiro atoms. The summed E-state index contributed by atoms with van der Waals surface area (Å²) in [4.78, 5) is 11.7. The van der Waals surface area contributed by atoms with Crippen LogP contribution >= 0.6 is 15.9 Å². The van der Waals surface area contributed by atoms with Crippen LogP contribution in [0.1, 0.15) is 70.3 Å². The van der Waals surface area contributed by atoms with Gasteiger partial charge < -0.3 is 5.11 Å². The van der Waals surface area contributed by atoms with Crippen LogP contribution in [0.5, 0.6) is 5.75 Å². The Labute approximate surface area is 147 Å². The molecule has 0 aliphatic heterocycles. The number of phenols is 1. The van der Waals surface area contributed by atoms with Gasteiger partial charge in [0, 0.05) is 16.5 Å². The van der Waals surface area contributed by atoms with Gasteiger partial charge in [-0.1, -0.05) is 67.8 Å². The molecule has 1 amide bonds. The Balaban J connectivity index is 2.12. The molecule has 0 heterocycles. The van der Waals surface area contributed by atoms with Crippen LogP contribution in [0.25, 0.3) is 0 Å². The van der Waals surface area contributed by atoms with E-state index in [2.05, 4.69) is 33.4 Å². The first kappa shape index (κ1) is 19.7. The summed E-state index contributed by atoms with van der Waals surface area (Å²) < 4.78 is 0.849. The average Bonchev–Trinajstić information content (AvgIpc) is 2.53. The van der Waals surface area contributed by atoms with E-state index in [1.165, 1.54) is 44.7 Å². The number of phenolic OH excluding ortho intramolecular Hbond substituents is 1. The lowest BCUT2D eigenvalue weighted by Crippen LogP contribution is -2.16. The van der Waals surface area contributed by atoms with Crippen molar-refractivity contribution >= 4 is 28.1 Å². The first-order chi connectivity index (χ1) is 11.1. The first-order valence-corrected chi connectivity index (χ1v) is 9.23. The quantitative estimate of drug-likeness (QED) is 0.316. The molecule has 4 nitrogen and oxygen atoms in total. The van der Waals surface area contributed by atoms with Crippen molar-refractivity contribution in [3.8, 4) is 5.75 Å². The SMILES string of the molecule is CCCCCCCCCCC(=O)NN=Cc1cc(Br)ccc1O. The number of carbonyl (C=O) groups excluding carboxylic acids is 1. The monoisotopic (exact) mass is 382 g/mol. The number of hydrogen-bond donors (Lipinski definition) is 2. The fourth-order valence-electron chi connectivity index (χ4n) is 2.28. The standard InChI is InChI=1S/C18H27BrN2O2/c1-2-3-4-5-6-7-8-9-10-18(23)21-20-14-15-13-16(19)11-12-17(15)22/h11-14,22H,2-10H2,1H3,(H,21,23). The Kier molecular flexibility index (Phi) is 10.4. The largest absolute Gasteiger partial charge is 0.507 e. The summed E-state index contributed by atoms with van der Waals surface area (Å²) >= 11 is 3.33. The van der Waals surface area contributed by atoms with E-state index in [9.17, 15) is 9.90 Å². The molecule has 0 aliphatic rings. The van der Waals surface area contributed by atoms with Crippen LogP contribution < -0.4 is 5.43 Å². The number of aromatic hydroxyl groups is 1. The first-order valence-electron chi connectivity index (χ1n) is 8.44. The highest BCUT2D eigenvalue weighted by Crippen LogP contribution is 2.19. The van der Waals surface area contributed by atoms with Crippen LogP contribution in [0.3, 0.4) is 0 Å². The molecule has 2 N–H and O–H groups in total. The van der Waals surface area contributed by atoms with E-state index in [1.54, 1.807) is 18.2 Å². The van der Waals surface area contributed by atoms with Gasteiger partial charge >= 0.3 is 0 Å². The van der Waals surface area contributed by atoms with Gasteiger partial charge in [-0.05, 0) is 24.6 Å². The third kappa shape index (κ3) is 9.39. The van der Waals surface area contributed by atoms with Gasteiger partial charge in [0.15, 0.2) is 0 Å². The molecule has 0 aliphatic carbocycles. The van der Waals surface area contributed by atoms with Crippen molar-refractivity contribution in [2.24, 2.45) is 5.10 Å². The molecule has 0 atom stereocenters. The van der Waals surface area contributed by atoms with Gasteiger partial charge in [0.2, 0.25) is 5.91 Å². The summed E-state index contributed by atoms with van der Waals surface area (Å²) in [7, 11) is 0. The zero-order chi connectivity index (χ0) is 16.9. The van der Waals surface area contributed by atoms with Crippen LogP contribution in [0.4, 0.5) is 0 Å². The van der Waals surface area contributed by atoms with E-state index in [-0.39, 0.29) is 11.7 Å². The topological polar surface area (TPSA) is 61.7 Å². The number of unbranched alkanes of at least 4 members (excludes halogenated alkanes) is 7. The Morgan fingerprint density at radius 1 is 1.17 bits per heavy atom. The number of benzene rings is 1. The van der Waals surface area contributed by atoms with Gasteiger partial charge in [0.25, 0.3) is 0 Å². The van der Waals surface area contributed by atoms with Crippen LogP contribution in [0.15, 0.2) is 27.8 Å². The molecular formula is C18H27BrN2O2. The molecule has 0 saturated carbocycles. The Bertz CT molecular complexity index is 504. The van der Waals surface area contributed by atoms with Gasteiger partial charge in [-0.25, -0.2) is 5.43 Å². The molecule has 1 aromatic carbocycles. The number of nitrogens with one attached hydrogen (secondary N) is 1. The smallest absolute Gasteiger partial charge is 0.240 e. The summed E-state index contributed by atoms with van der Waals surface area (Å²) in [6.07, 6.45) is 11.6. The van der Waals surface area contributed by atoms with Gasteiger partial charge in [-0.2, -0.15) is 5.10 Å². The third-order valence-corrected chi connectivity index (χ3v) is 4.13. The predicted octanol–water partition coefficient (Wildman–Crippen LogP) is 5.14. The Hall–Kier alpha value is -1.36. The number of carbonyl (C=O) groups is 1. The minimum absolute atomic E-state index is 0.0817. The summed E-state index contributed by atoms with van der Waals surface area (Å²) in [5, 5.41) is 13.5.